The lowest BCUT2D eigenvalue weighted by molar-refractivity contribution is 0.0724. The maximum atomic E-state index is 12.8. The van der Waals surface area contributed by atoms with Crippen LogP contribution in [0.4, 0.5) is 0 Å². The van der Waals surface area contributed by atoms with Gasteiger partial charge in [0.2, 0.25) is 10.0 Å². The number of fused-ring (bicyclic) bond motifs is 3. The highest BCUT2D eigenvalue weighted by Crippen LogP contribution is 2.54. The fourth-order valence-corrected chi connectivity index (χ4v) is 5.03. The molecule has 2 atom stereocenters. The van der Waals surface area contributed by atoms with Crippen molar-refractivity contribution in [2.24, 2.45) is 0 Å². The second kappa shape index (κ2) is 4.69. The second-order valence-electron chi connectivity index (χ2n) is 6.85. The van der Waals surface area contributed by atoms with Crippen LogP contribution in [-0.2, 0) is 14.8 Å². The molecule has 3 aliphatic heterocycles. The summed E-state index contributed by atoms with van der Waals surface area (Å²) in [5.41, 5.74) is 0.507. The summed E-state index contributed by atoms with van der Waals surface area (Å²) in [5.74, 6) is 0.737. The first kappa shape index (κ1) is 14.5. The van der Waals surface area contributed by atoms with Gasteiger partial charge in [0.15, 0.2) is 0 Å². The van der Waals surface area contributed by atoms with Crippen molar-refractivity contribution in [3.05, 3.63) is 23.8 Å². The summed E-state index contributed by atoms with van der Waals surface area (Å²) in [6, 6.07) is 5.16. The summed E-state index contributed by atoms with van der Waals surface area (Å²) in [7, 11) is -3.41. The van der Waals surface area contributed by atoms with Gasteiger partial charge in [0.1, 0.15) is 23.6 Å². The molecule has 0 aromatic heterocycles. The molecule has 0 radical (unpaired) electrons. The van der Waals surface area contributed by atoms with Crippen LogP contribution in [0, 0.1) is 0 Å². The zero-order valence-corrected chi connectivity index (χ0v) is 13.7. The van der Waals surface area contributed by atoms with Crippen LogP contribution in [0.5, 0.6) is 5.75 Å². The van der Waals surface area contributed by atoms with E-state index < -0.39 is 10.0 Å². The molecule has 0 saturated carbocycles. The minimum atomic E-state index is -3.41. The fourth-order valence-electron chi connectivity index (χ4n) is 3.48. The van der Waals surface area contributed by atoms with E-state index in [1.165, 1.54) is 0 Å². The van der Waals surface area contributed by atoms with Crippen molar-refractivity contribution in [3.8, 4) is 5.75 Å². The lowest BCUT2D eigenvalue weighted by Gasteiger charge is -2.30. The smallest absolute Gasteiger partial charge is 0.243 e. The summed E-state index contributed by atoms with van der Waals surface area (Å²) in [4.78, 5) is 0.353. The summed E-state index contributed by atoms with van der Waals surface area (Å²) in [5, 5.41) is 0. The Bertz CT molecular complexity index is 707. The number of ether oxygens (including phenoxy) is 2. The lowest BCUT2D eigenvalue weighted by atomic mass is 9.94. The van der Waals surface area contributed by atoms with E-state index >= 15 is 0 Å². The van der Waals surface area contributed by atoms with E-state index in [1.807, 2.05) is 13.8 Å². The predicted octanol–water partition coefficient (Wildman–Crippen LogP) is 2.47. The summed E-state index contributed by atoms with van der Waals surface area (Å²) >= 11 is 0. The van der Waals surface area contributed by atoms with Crippen molar-refractivity contribution in [1.82, 2.24) is 4.31 Å². The van der Waals surface area contributed by atoms with E-state index in [0.717, 1.165) is 30.6 Å². The highest BCUT2D eigenvalue weighted by Gasteiger charge is 2.56. The van der Waals surface area contributed by atoms with Crippen LogP contribution in [0.1, 0.15) is 44.8 Å². The Morgan fingerprint density at radius 3 is 2.64 bits per heavy atom. The van der Waals surface area contributed by atoms with Gasteiger partial charge in [-0.1, -0.05) is 6.42 Å². The Morgan fingerprint density at radius 1 is 1.18 bits per heavy atom. The standard InChI is InChI=1S/C16H21NO4S/c1-16(2)15-14(20-15)12-10-11(6-7-13(12)21-16)22(18,19)17-8-4-3-5-9-17/h6-7,10,14-15H,3-5,8-9H2,1-2H3/t14-,15-/m0/s1. The average molecular weight is 323 g/mol. The molecule has 4 rings (SSSR count). The van der Waals surface area contributed by atoms with E-state index in [-0.39, 0.29) is 17.8 Å². The molecule has 0 unspecified atom stereocenters. The van der Waals surface area contributed by atoms with Crippen LogP contribution in [0.2, 0.25) is 0 Å². The van der Waals surface area contributed by atoms with Gasteiger partial charge < -0.3 is 9.47 Å². The van der Waals surface area contributed by atoms with Gasteiger partial charge in [0, 0.05) is 18.7 Å². The Hall–Kier alpha value is -1.11. The molecule has 2 fully saturated rings. The van der Waals surface area contributed by atoms with E-state index in [0.29, 0.717) is 18.0 Å². The minimum Gasteiger partial charge on any atom is -0.485 e. The summed E-state index contributed by atoms with van der Waals surface area (Å²) in [6.07, 6.45) is 2.98. The number of hydrogen-bond acceptors (Lipinski definition) is 4. The lowest BCUT2D eigenvalue weighted by Crippen LogP contribution is -2.38. The molecule has 0 aliphatic carbocycles. The molecule has 0 N–H and O–H groups in total. The van der Waals surface area contributed by atoms with E-state index in [1.54, 1.807) is 22.5 Å². The number of epoxide rings is 1. The van der Waals surface area contributed by atoms with E-state index in [4.69, 9.17) is 9.47 Å². The third-order valence-electron chi connectivity index (χ3n) is 4.79. The van der Waals surface area contributed by atoms with Crippen LogP contribution < -0.4 is 4.74 Å². The molecule has 0 spiro atoms. The molecule has 120 valence electrons. The van der Waals surface area contributed by atoms with Gasteiger partial charge in [-0.25, -0.2) is 8.42 Å². The number of sulfonamides is 1. The Kier molecular flexibility index (Phi) is 3.09. The van der Waals surface area contributed by atoms with Crippen molar-refractivity contribution < 1.29 is 17.9 Å². The van der Waals surface area contributed by atoms with Crippen molar-refractivity contribution in [2.75, 3.05) is 13.1 Å². The first-order valence-electron chi connectivity index (χ1n) is 7.88. The van der Waals surface area contributed by atoms with Gasteiger partial charge in [0.05, 0.1) is 4.90 Å². The third-order valence-corrected chi connectivity index (χ3v) is 6.68. The molecule has 1 aromatic carbocycles. The molecular formula is C16H21NO4S. The average Bonchev–Trinajstić information content (AvgIpc) is 3.29. The monoisotopic (exact) mass is 323 g/mol. The van der Waals surface area contributed by atoms with Crippen LogP contribution in [0.3, 0.4) is 0 Å². The fraction of sp³-hybridized carbons (Fsp3) is 0.625. The van der Waals surface area contributed by atoms with Gasteiger partial charge in [0.25, 0.3) is 0 Å². The molecular weight excluding hydrogens is 302 g/mol. The largest absolute Gasteiger partial charge is 0.485 e. The van der Waals surface area contributed by atoms with Gasteiger partial charge >= 0.3 is 0 Å². The molecule has 0 amide bonds. The molecule has 1 aromatic rings. The number of piperidine rings is 1. The summed E-state index contributed by atoms with van der Waals surface area (Å²) < 4.78 is 38.8. The minimum absolute atomic E-state index is 0.0212. The zero-order valence-electron chi connectivity index (χ0n) is 12.9. The number of nitrogens with zero attached hydrogens (tertiary/aromatic N) is 1. The SMILES string of the molecule is CC1(C)Oc2ccc(S(=O)(=O)N3CCCCC3)cc2[C@@H]2O[C@@H]21. The van der Waals surface area contributed by atoms with Gasteiger partial charge in [-0.05, 0) is 44.9 Å². The molecule has 6 heteroatoms. The van der Waals surface area contributed by atoms with E-state index in [2.05, 4.69) is 0 Å². The number of hydrogen-bond donors (Lipinski definition) is 0. The Morgan fingerprint density at radius 2 is 1.91 bits per heavy atom. The molecule has 22 heavy (non-hydrogen) atoms. The van der Waals surface area contributed by atoms with Crippen molar-refractivity contribution in [2.45, 2.75) is 55.8 Å². The molecule has 3 heterocycles. The molecule has 5 nitrogen and oxygen atoms in total. The van der Waals surface area contributed by atoms with Crippen molar-refractivity contribution in [1.29, 1.82) is 0 Å². The van der Waals surface area contributed by atoms with Crippen LogP contribution in [0.25, 0.3) is 0 Å². The van der Waals surface area contributed by atoms with Crippen molar-refractivity contribution in [3.63, 3.8) is 0 Å². The highest BCUT2D eigenvalue weighted by molar-refractivity contribution is 7.89. The topological polar surface area (TPSA) is 59.1 Å². The molecule has 3 aliphatic rings. The maximum Gasteiger partial charge on any atom is 0.243 e. The Balaban J connectivity index is 1.69. The first-order valence-corrected chi connectivity index (χ1v) is 9.32. The normalized spacial score (nSPS) is 30.1. The maximum absolute atomic E-state index is 12.8. The van der Waals surface area contributed by atoms with E-state index in [9.17, 15) is 8.42 Å². The van der Waals surface area contributed by atoms with Crippen LogP contribution in [-0.4, -0.2) is 37.5 Å². The quantitative estimate of drug-likeness (QED) is 0.785. The van der Waals surface area contributed by atoms with Crippen LogP contribution >= 0.6 is 0 Å². The summed E-state index contributed by atoms with van der Waals surface area (Å²) in [6.45, 7) is 5.23. The predicted molar refractivity (Wildman–Crippen MR) is 81.4 cm³/mol. The number of rotatable bonds is 2. The van der Waals surface area contributed by atoms with Crippen LogP contribution in [0.15, 0.2) is 23.1 Å². The molecule has 0 bridgehead atoms. The Labute approximate surface area is 131 Å². The zero-order chi connectivity index (χ0) is 15.5. The van der Waals surface area contributed by atoms with Gasteiger partial charge in [-0.2, -0.15) is 4.31 Å². The first-order chi connectivity index (χ1) is 10.4. The van der Waals surface area contributed by atoms with Gasteiger partial charge in [-0.15, -0.1) is 0 Å². The van der Waals surface area contributed by atoms with Gasteiger partial charge in [-0.3, -0.25) is 0 Å². The third kappa shape index (κ3) is 2.16. The second-order valence-corrected chi connectivity index (χ2v) is 8.79. The number of benzene rings is 1. The highest BCUT2D eigenvalue weighted by atomic mass is 32.2. The molecule has 2 saturated heterocycles. The van der Waals surface area contributed by atoms with Crippen molar-refractivity contribution >= 4 is 10.0 Å².